The van der Waals surface area contributed by atoms with Crippen molar-refractivity contribution in [1.82, 2.24) is 0 Å². The van der Waals surface area contributed by atoms with Gasteiger partial charge in [0.15, 0.2) is 0 Å². The van der Waals surface area contributed by atoms with Crippen molar-refractivity contribution < 1.29 is 4.42 Å². The fourth-order valence-corrected chi connectivity index (χ4v) is 3.20. The molecular weight excluding hydrogens is 444 g/mol. The van der Waals surface area contributed by atoms with E-state index in [1.54, 1.807) is 12.3 Å². The van der Waals surface area contributed by atoms with Gasteiger partial charge in [0, 0.05) is 9.13 Å². The maximum absolute atomic E-state index is 6.22. The molecule has 23 heavy (non-hydrogen) atoms. The van der Waals surface area contributed by atoms with Gasteiger partial charge in [-0.05, 0) is 77.5 Å². The Balaban J connectivity index is 1.87. The summed E-state index contributed by atoms with van der Waals surface area (Å²) < 4.78 is 6.99. The molecule has 0 saturated carbocycles. The lowest BCUT2D eigenvalue weighted by molar-refractivity contribution is 0.575. The number of hydrogen-bond donors (Lipinski definition) is 0. The van der Waals surface area contributed by atoms with Gasteiger partial charge in [-0.2, -0.15) is 0 Å². The molecule has 2 nitrogen and oxygen atoms in total. The molecule has 3 aromatic rings. The van der Waals surface area contributed by atoms with Gasteiger partial charge in [-0.25, -0.2) is 0 Å². The fraction of sp³-hybridized carbons (Fsp3) is 0.0556. The number of aryl methyl sites for hydroxylation is 1. The van der Waals surface area contributed by atoms with Crippen LogP contribution in [0.5, 0.6) is 0 Å². The van der Waals surface area contributed by atoms with Crippen molar-refractivity contribution in [3.8, 4) is 11.3 Å². The lowest BCUT2D eigenvalue weighted by atomic mass is 10.2. The molecule has 0 aliphatic heterocycles. The monoisotopic (exact) mass is 455 g/mol. The van der Waals surface area contributed by atoms with E-state index in [0.717, 1.165) is 16.8 Å². The van der Waals surface area contributed by atoms with Crippen molar-refractivity contribution >= 4 is 57.7 Å². The van der Waals surface area contributed by atoms with Crippen molar-refractivity contribution in [3.63, 3.8) is 0 Å². The topological polar surface area (TPSA) is 25.5 Å². The summed E-state index contributed by atoms with van der Waals surface area (Å²) in [4.78, 5) is 4.48. The molecule has 1 heterocycles. The highest BCUT2D eigenvalue weighted by Crippen LogP contribution is 2.34. The van der Waals surface area contributed by atoms with Crippen LogP contribution in [-0.2, 0) is 0 Å². The molecule has 0 bridgehead atoms. The minimum atomic E-state index is 0.487. The molecular formula is C18H12Cl2INO. The SMILES string of the molecule is Cc1cc(I)ccc1N=Cc1ccc(-c2cccc(Cl)c2Cl)o1. The van der Waals surface area contributed by atoms with Crippen LogP contribution in [0.1, 0.15) is 11.3 Å². The summed E-state index contributed by atoms with van der Waals surface area (Å²) in [7, 11) is 0. The molecule has 0 amide bonds. The van der Waals surface area contributed by atoms with E-state index >= 15 is 0 Å². The molecule has 0 spiro atoms. The van der Waals surface area contributed by atoms with Gasteiger partial charge in [0.25, 0.3) is 0 Å². The zero-order chi connectivity index (χ0) is 16.4. The average molecular weight is 456 g/mol. The summed E-state index contributed by atoms with van der Waals surface area (Å²) in [5, 5.41) is 0.991. The number of hydrogen-bond acceptors (Lipinski definition) is 2. The van der Waals surface area contributed by atoms with Gasteiger partial charge in [0.05, 0.1) is 21.9 Å². The minimum Gasteiger partial charge on any atom is -0.455 e. The molecule has 0 unspecified atom stereocenters. The van der Waals surface area contributed by atoms with Crippen molar-refractivity contribution in [3.05, 3.63) is 73.5 Å². The van der Waals surface area contributed by atoms with Gasteiger partial charge >= 0.3 is 0 Å². The van der Waals surface area contributed by atoms with Crippen LogP contribution in [0, 0.1) is 10.5 Å². The smallest absolute Gasteiger partial charge is 0.145 e. The van der Waals surface area contributed by atoms with Crippen LogP contribution in [0.2, 0.25) is 10.0 Å². The van der Waals surface area contributed by atoms with Gasteiger partial charge in [-0.1, -0.05) is 29.3 Å². The highest BCUT2D eigenvalue weighted by Gasteiger charge is 2.10. The van der Waals surface area contributed by atoms with Crippen molar-refractivity contribution in [2.45, 2.75) is 6.92 Å². The molecule has 0 saturated heterocycles. The normalized spacial score (nSPS) is 11.3. The second kappa shape index (κ2) is 7.07. The molecule has 2 aromatic carbocycles. The zero-order valence-electron chi connectivity index (χ0n) is 12.2. The van der Waals surface area contributed by atoms with E-state index in [0.29, 0.717) is 21.6 Å². The second-order valence-corrected chi connectivity index (χ2v) is 7.02. The van der Waals surface area contributed by atoms with E-state index in [1.165, 1.54) is 3.57 Å². The predicted molar refractivity (Wildman–Crippen MR) is 105 cm³/mol. The van der Waals surface area contributed by atoms with Crippen molar-refractivity contribution in [2.24, 2.45) is 4.99 Å². The minimum absolute atomic E-state index is 0.487. The average Bonchev–Trinajstić information content (AvgIpc) is 2.98. The number of rotatable bonds is 3. The van der Waals surface area contributed by atoms with Gasteiger partial charge in [-0.15, -0.1) is 0 Å². The van der Waals surface area contributed by atoms with Crippen LogP contribution >= 0.6 is 45.8 Å². The van der Waals surface area contributed by atoms with E-state index in [4.69, 9.17) is 27.6 Å². The molecule has 0 fully saturated rings. The molecule has 116 valence electrons. The Bertz CT molecular complexity index is 886. The van der Waals surface area contributed by atoms with Crippen LogP contribution in [0.3, 0.4) is 0 Å². The molecule has 0 aliphatic carbocycles. The van der Waals surface area contributed by atoms with Crippen LogP contribution < -0.4 is 0 Å². The number of benzene rings is 2. The third-order valence-corrected chi connectivity index (χ3v) is 4.82. The van der Waals surface area contributed by atoms with E-state index < -0.39 is 0 Å². The van der Waals surface area contributed by atoms with Crippen molar-refractivity contribution in [1.29, 1.82) is 0 Å². The van der Waals surface area contributed by atoms with E-state index in [1.807, 2.05) is 43.3 Å². The van der Waals surface area contributed by atoms with Gasteiger partial charge < -0.3 is 4.42 Å². The largest absolute Gasteiger partial charge is 0.455 e. The number of furan rings is 1. The summed E-state index contributed by atoms with van der Waals surface area (Å²) in [6.07, 6.45) is 1.71. The first-order chi connectivity index (χ1) is 11.0. The Morgan fingerprint density at radius 3 is 2.70 bits per heavy atom. The van der Waals surface area contributed by atoms with Crippen LogP contribution in [0.25, 0.3) is 11.3 Å². The first kappa shape index (κ1) is 16.6. The van der Waals surface area contributed by atoms with Crippen LogP contribution in [0.15, 0.2) is 57.9 Å². The standard InChI is InChI=1S/C18H12Cl2INO/c1-11-9-12(21)5-7-16(11)22-10-13-6-8-17(23-13)14-3-2-4-15(19)18(14)20/h2-10H,1H3. The first-order valence-corrected chi connectivity index (χ1v) is 8.72. The molecule has 0 aliphatic rings. The Morgan fingerprint density at radius 1 is 1.09 bits per heavy atom. The van der Waals surface area contributed by atoms with E-state index in [9.17, 15) is 0 Å². The molecule has 1 aromatic heterocycles. The van der Waals surface area contributed by atoms with Crippen LogP contribution in [-0.4, -0.2) is 6.21 Å². The highest BCUT2D eigenvalue weighted by atomic mass is 127. The van der Waals surface area contributed by atoms with E-state index in [-0.39, 0.29) is 0 Å². The second-order valence-electron chi connectivity index (χ2n) is 4.99. The summed E-state index contributed by atoms with van der Waals surface area (Å²) in [6.45, 7) is 2.04. The summed E-state index contributed by atoms with van der Waals surface area (Å²) in [5.41, 5.74) is 2.81. The molecule has 0 N–H and O–H groups in total. The maximum atomic E-state index is 6.22. The maximum Gasteiger partial charge on any atom is 0.145 e. The Labute approximate surface area is 158 Å². The zero-order valence-corrected chi connectivity index (χ0v) is 15.9. The Kier molecular flexibility index (Phi) is 5.09. The number of nitrogens with zero attached hydrogens (tertiary/aromatic N) is 1. The molecule has 0 atom stereocenters. The van der Waals surface area contributed by atoms with Crippen LogP contribution in [0.4, 0.5) is 5.69 Å². The van der Waals surface area contributed by atoms with E-state index in [2.05, 4.69) is 33.6 Å². The number of halogens is 3. The molecule has 0 radical (unpaired) electrons. The quantitative estimate of drug-likeness (QED) is 0.311. The van der Waals surface area contributed by atoms with Crippen molar-refractivity contribution in [2.75, 3.05) is 0 Å². The Hall–Kier alpha value is -1.30. The third kappa shape index (κ3) is 3.79. The molecule has 5 heteroatoms. The summed E-state index contributed by atoms with van der Waals surface area (Å²) in [5.74, 6) is 1.33. The first-order valence-electron chi connectivity index (χ1n) is 6.89. The highest BCUT2D eigenvalue weighted by molar-refractivity contribution is 14.1. The van der Waals surface area contributed by atoms with Gasteiger partial charge in [0.1, 0.15) is 11.5 Å². The van der Waals surface area contributed by atoms with Gasteiger partial charge in [0.2, 0.25) is 0 Å². The lowest BCUT2D eigenvalue weighted by Gasteiger charge is -2.02. The predicted octanol–water partition coefficient (Wildman–Crippen LogP) is 6.92. The summed E-state index contributed by atoms with van der Waals surface area (Å²) in [6, 6.07) is 15.3. The Morgan fingerprint density at radius 2 is 1.91 bits per heavy atom. The molecule has 3 rings (SSSR count). The fourth-order valence-electron chi connectivity index (χ4n) is 2.16. The third-order valence-electron chi connectivity index (χ3n) is 3.33. The summed E-state index contributed by atoms with van der Waals surface area (Å²) >= 11 is 14.5. The van der Waals surface area contributed by atoms with Gasteiger partial charge in [-0.3, -0.25) is 4.99 Å². The lowest BCUT2D eigenvalue weighted by Crippen LogP contribution is -1.80. The number of aliphatic imine (C=N–C) groups is 1.